The second-order valence-corrected chi connectivity index (χ2v) is 4.62. The lowest BCUT2D eigenvalue weighted by Crippen LogP contribution is -2.12. The molecule has 0 fully saturated rings. The van der Waals surface area contributed by atoms with Crippen LogP contribution in [0.25, 0.3) is 11.1 Å². The first kappa shape index (κ1) is 15.3. The fourth-order valence-electron chi connectivity index (χ4n) is 2.33. The van der Waals surface area contributed by atoms with Gasteiger partial charge in [-0.1, -0.05) is 25.1 Å². The van der Waals surface area contributed by atoms with Crippen molar-refractivity contribution in [3.63, 3.8) is 0 Å². The first-order chi connectivity index (χ1) is 10.2. The summed E-state index contributed by atoms with van der Waals surface area (Å²) in [7, 11) is 3.21. The Kier molecular flexibility index (Phi) is 5.17. The number of ether oxygens (including phenoxy) is 2. The van der Waals surface area contributed by atoms with Crippen molar-refractivity contribution in [2.45, 2.75) is 13.5 Å². The smallest absolute Gasteiger partial charge is 0.168 e. The molecule has 2 aromatic carbocycles. The van der Waals surface area contributed by atoms with Crippen molar-refractivity contribution in [1.82, 2.24) is 5.32 Å². The number of hydrogen-bond acceptors (Lipinski definition) is 3. The lowest BCUT2D eigenvalue weighted by Gasteiger charge is -2.16. The summed E-state index contributed by atoms with van der Waals surface area (Å²) in [6.45, 7) is 3.44. The van der Waals surface area contributed by atoms with Gasteiger partial charge in [0.2, 0.25) is 0 Å². The highest BCUT2D eigenvalue weighted by Gasteiger charge is 2.14. The van der Waals surface area contributed by atoms with Crippen LogP contribution in [0.3, 0.4) is 0 Å². The van der Waals surface area contributed by atoms with E-state index in [0.29, 0.717) is 18.0 Å². The van der Waals surface area contributed by atoms with Gasteiger partial charge in [0.25, 0.3) is 0 Å². The van der Waals surface area contributed by atoms with Gasteiger partial charge in [-0.25, -0.2) is 4.39 Å². The maximum atomic E-state index is 13.5. The van der Waals surface area contributed by atoms with Crippen molar-refractivity contribution in [2.24, 2.45) is 0 Å². The molecule has 0 aromatic heterocycles. The fraction of sp³-hybridized carbons (Fsp3) is 0.294. The Labute approximate surface area is 124 Å². The number of hydrogen-bond donors (Lipinski definition) is 1. The van der Waals surface area contributed by atoms with E-state index in [0.717, 1.165) is 23.2 Å². The van der Waals surface area contributed by atoms with E-state index in [1.807, 2.05) is 25.1 Å². The van der Waals surface area contributed by atoms with Gasteiger partial charge in [-0.15, -0.1) is 0 Å². The van der Waals surface area contributed by atoms with Crippen molar-refractivity contribution >= 4 is 0 Å². The molecule has 2 rings (SSSR count). The van der Waals surface area contributed by atoms with Gasteiger partial charge in [-0.2, -0.15) is 0 Å². The maximum absolute atomic E-state index is 13.5. The zero-order valence-electron chi connectivity index (χ0n) is 12.6. The molecule has 0 bridgehead atoms. The van der Waals surface area contributed by atoms with Crippen LogP contribution >= 0.6 is 0 Å². The van der Waals surface area contributed by atoms with Crippen molar-refractivity contribution in [3.05, 3.63) is 47.8 Å². The van der Waals surface area contributed by atoms with Gasteiger partial charge in [0.1, 0.15) is 5.82 Å². The minimum atomic E-state index is -0.242. The number of halogens is 1. The van der Waals surface area contributed by atoms with Crippen molar-refractivity contribution in [1.29, 1.82) is 0 Å². The molecule has 0 atom stereocenters. The third-order valence-corrected chi connectivity index (χ3v) is 3.33. The van der Waals surface area contributed by atoms with E-state index in [1.54, 1.807) is 26.4 Å². The van der Waals surface area contributed by atoms with Crippen LogP contribution in [-0.4, -0.2) is 20.8 Å². The molecule has 2 aromatic rings. The zero-order valence-corrected chi connectivity index (χ0v) is 12.6. The number of para-hydroxylation sites is 1. The van der Waals surface area contributed by atoms with Crippen LogP contribution in [-0.2, 0) is 6.54 Å². The van der Waals surface area contributed by atoms with Crippen LogP contribution in [0, 0.1) is 5.82 Å². The molecule has 0 heterocycles. The third-order valence-electron chi connectivity index (χ3n) is 3.33. The molecule has 0 aliphatic rings. The number of benzene rings is 2. The van der Waals surface area contributed by atoms with Crippen molar-refractivity contribution in [2.75, 3.05) is 20.8 Å². The van der Waals surface area contributed by atoms with Crippen LogP contribution < -0.4 is 14.8 Å². The van der Waals surface area contributed by atoms with Crippen LogP contribution in [0.15, 0.2) is 36.4 Å². The van der Waals surface area contributed by atoms with Crippen LogP contribution in [0.2, 0.25) is 0 Å². The Balaban J connectivity index is 2.55. The normalized spacial score (nSPS) is 10.5. The van der Waals surface area contributed by atoms with Gasteiger partial charge < -0.3 is 14.8 Å². The molecule has 4 heteroatoms. The number of methoxy groups -OCH3 is 2. The van der Waals surface area contributed by atoms with E-state index >= 15 is 0 Å². The second kappa shape index (κ2) is 7.09. The summed E-state index contributed by atoms with van der Waals surface area (Å²) in [6, 6.07) is 10.5. The highest BCUT2D eigenvalue weighted by atomic mass is 19.1. The highest BCUT2D eigenvalue weighted by molar-refractivity contribution is 5.76. The molecule has 0 aliphatic heterocycles. The summed E-state index contributed by atoms with van der Waals surface area (Å²) in [5, 5.41) is 3.23. The van der Waals surface area contributed by atoms with E-state index in [1.165, 1.54) is 6.07 Å². The molecule has 21 heavy (non-hydrogen) atoms. The summed E-state index contributed by atoms with van der Waals surface area (Å²) in [4.78, 5) is 0. The van der Waals surface area contributed by atoms with Gasteiger partial charge in [0.05, 0.1) is 14.2 Å². The quantitative estimate of drug-likeness (QED) is 0.881. The molecule has 0 unspecified atom stereocenters. The van der Waals surface area contributed by atoms with Crippen LogP contribution in [0.1, 0.15) is 12.5 Å². The molecule has 0 aliphatic carbocycles. The summed E-state index contributed by atoms with van der Waals surface area (Å²) < 4.78 is 24.3. The van der Waals surface area contributed by atoms with E-state index in [2.05, 4.69) is 5.32 Å². The SMILES string of the molecule is CCNCc1cc(F)ccc1-c1cccc(OC)c1OC. The van der Waals surface area contributed by atoms with Crippen LogP contribution in [0.4, 0.5) is 4.39 Å². The molecule has 112 valence electrons. The van der Waals surface area contributed by atoms with Crippen molar-refractivity contribution < 1.29 is 13.9 Å². The number of nitrogens with one attached hydrogen (secondary N) is 1. The molecule has 0 spiro atoms. The van der Waals surface area contributed by atoms with E-state index in [-0.39, 0.29) is 5.82 Å². The predicted octanol–water partition coefficient (Wildman–Crippen LogP) is 3.62. The minimum Gasteiger partial charge on any atom is -0.493 e. The standard InChI is InChI=1S/C17H20FNO2/c1-4-19-11-12-10-13(18)8-9-14(12)15-6-5-7-16(20-2)17(15)21-3/h5-10,19H,4,11H2,1-3H3. The highest BCUT2D eigenvalue weighted by Crippen LogP contribution is 2.39. The number of rotatable bonds is 6. The maximum Gasteiger partial charge on any atom is 0.168 e. The van der Waals surface area contributed by atoms with Gasteiger partial charge in [0, 0.05) is 12.1 Å². The Morgan fingerprint density at radius 2 is 1.86 bits per heavy atom. The average Bonchev–Trinajstić information content (AvgIpc) is 2.52. The van der Waals surface area contributed by atoms with E-state index < -0.39 is 0 Å². The molecule has 1 N–H and O–H groups in total. The molecule has 3 nitrogen and oxygen atoms in total. The Morgan fingerprint density at radius 3 is 2.52 bits per heavy atom. The molecular weight excluding hydrogens is 269 g/mol. The monoisotopic (exact) mass is 289 g/mol. The van der Waals surface area contributed by atoms with E-state index in [4.69, 9.17) is 9.47 Å². The van der Waals surface area contributed by atoms with Gasteiger partial charge in [-0.3, -0.25) is 0 Å². The Hall–Kier alpha value is -2.07. The first-order valence-electron chi connectivity index (χ1n) is 6.91. The summed E-state index contributed by atoms with van der Waals surface area (Å²) in [6.07, 6.45) is 0. The minimum absolute atomic E-state index is 0.242. The van der Waals surface area contributed by atoms with Gasteiger partial charge in [-0.05, 0) is 35.9 Å². The zero-order chi connectivity index (χ0) is 15.2. The molecule has 0 radical (unpaired) electrons. The van der Waals surface area contributed by atoms with Gasteiger partial charge >= 0.3 is 0 Å². The third kappa shape index (κ3) is 3.34. The predicted molar refractivity (Wildman–Crippen MR) is 82.3 cm³/mol. The Morgan fingerprint density at radius 1 is 1.05 bits per heavy atom. The largest absolute Gasteiger partial charge is 0.493 e. The molecule has 0 saturated carbocycles. The second-order valence-electron chi connectivity index (χ2n) is 4.62. The lowest BCUT2D eigenvalue weighted by atomic mass is 9.98. The summed E-state index contributed by atoms with van der Waals surface area (Å²) >= 11 is 0. The Bertz CT molecular complexity index is 614. The summed E-state index contributed by atoms with van der Waals surface area (Å²) in [5.41, 5.74) is 2.72. The topological polar surface area (TPSA) is 30.5 Å². The molecule has 0 saturated heterocycles. The van der Waals surface area contributed by atoms with E-state index in [9.17, 15) is 4.39 Å². The summed E-state index contributed by atoms with van der Waals surface area (Å²) in [5.74, 6) is 1.08. The van der Waals surface area contributed by atoms with Gasteiger partial charge in [0.15, 0.2) is 11.5 Å². The lowest BCUT2D eigenvalue weighted by molar-refractivity contribution is 0.356. The fourth-order valence-corrected chi connectivity index (χ4v) is 2.33. The molecular formula is C17H20FNO2. The molecule has 0 amide bonds. The first-order valence-corrected chi connectivity index (χ1v) is 6.91. The van der Waals surface area contributed by atoms with Crippen molar-refractivity contribution in [3.8, 4) is 22.6 Å². The van der Waals surface area contributed by atoms with Crippen LogP contribution in [0.5, 0.6) is 11.5 Å². The average molecular weight is 289 g/mol.